The molecule has 0 N–H and O–H groups in total. The molecule has 5 rings (SSSR count). The Labute approximate surface area is 273 Å². The topological polar surface area (TPSA) is 3.24 Å². The van der Waals surface area contributed by atoms with Gasteiger partial charge in [0.15, 0.2) is 0 Å². The van der Waals surface area contributed by atoms with Crippen LogP contribution in [0.25, 0.3) is 0 Å². The Morgan fingerprint density at radius 1 is 0.644 bits per heavy atom. The summed E-state index contributed by atoms with van der Waals surface area (Å²) in [4.78, 5) is 0. The number of hydrogen-bond donors (Lipinski definition) is 0. The molecule has 0 bridgehead atoms. The summed E-state index contributed by atoms with van der Waals surface area (Å²) in [5.74, 6) is -0.501. The molecule has 1 heterocycles. The second kappa shape index (κ2) is 14.1. The van der Waals surface area contributed by atoms with Crippen molar-refractivity contribution in [2.45, 2.75) is 96.3 Å². The van der Waals surface area contributed by atoms with Crippen LogP contribution >= 0.6 is 16.1 Å². The van der Waals surface area contributed by atoms with Gasteiger partial charge in [0.05, 0.1) is 0 Å². The van der Waals surface area contributed by atoms with Crippen LogP contribution in [0, 0.1) is 11.6 Å². The Balaban J connectivity index is 1.69. The summed E-state index contributed by atoms with van der Waals surface area (Å²) < 4.78 is 34.3. The van der Waals surface area contributed by atoms with Crippen molar-refractivity contribution >= 4 is 26.8 Å². The molecule has 1 saturated heterocycles. The molecule has 45 heavy (non-hydrogen) atoms. The van der Waals surface area contributed by atoms with E-state index in [9.17, 15) is 0 Å². The van der Waals surface area contributed by atoms with Crippen molar-refractivity contribution in [1.82, 2.24) is 4.44 Å². The molecule has 1 nitrogen and oxygen atoms in total. The lowest BCUT2D eigenvalue weighted by Gasteiger charge is -2.42. The van der Waals surface area contributed by atoms with Gasteiger partial charge in [0.25, 0.3) is 0 Å². The van der Waals surface area contributed by atoms with Crippen molar-refractivity contribution in [3.8, 4) is 0 Å². The summed E-state index contributed by atoms with van der Waals surface area (Å²) in [6, 6.07) is 32.6. The molecule has 0 aromatic heterocycles. The second-order valence-corrected chi connectivity index (χ2v) is 19.3. The van der Waals surface area contributed by atoms with Crippen LogP contribution in [0.1, 0.15) is 108 Å². The molecule has 5 heteroatoms. The number of unbranched alkanes of at least 4 members (excludes halogenated alkanes) is 1. The van der Waals surface area contributed by atoms with E-state index < -0.39 is 16.1 Å². The van der Waals surface area contributed by atoms with Gasteiger partial charge in [-0.25, -0.2) is 8.78 Å². The first-order chi connectivity index (χ1) is 21.4. The van der Waals surface area contributed by atoms with E-state index in [4.69, 9.17) is 0 Å². The fraction of sp³-hybridized carbons (Fsp3) is 0.400. The van der Waals surface area contributed by atoms with Crippen LogP contribution in [0.15, 0.2) is 97.1 Å². The lowest BCUT2D eigenvalue weighted by atomic mass is 9.86. The van der Waals surface area contributed by atoms with E-state index in [1.807, 2.05) is 24.3 Å². The summed E-state index contributed by atoms with van der Waals surface area (Å²) >= 11 is 0. The van der Waals surface area contributed by atoms with Crippen molar-refractivity contribution < 1.29 is 8.78 Å². The van der Waals surface area contributed by atoms with Crippen molar-refractivity contribution in [3.63, 3.8) is 0 Å². The van der Waals surface area contributed by atoms with Crippen molar-refractivity contribution in [2.75, 3.05) is 6.54 Å². The van der Waals surface area contributed by atoms with Crippen molar-refractivity contribution in [1.29, 1.82) is 0 Å². The van der Waals surface area contributed by atoms with E-state index >= 15 is 8.78 Å². The van der Waals surface area contributed by atoms with E-state index in [1.165, 1.54) is 34.4 Å². The normalized spacial score (nSPS) is 19.0. The quantitative estimate of drug-likeness (QED) is 0.164. The molecule has 0 spiro atoms. The highest BCUT2D eigenvalue weighted by molar-refractivity contribution is 7.79. The zero-order chi connectivity index (χ0) is 32.4. The van der Waals surface area contributed by atoms with Crippen molar-refractivity contribution in [2.24, 2.45) is 0 Å². The minimum atomic E-state index is -1.45. The van der Waals surface area contributed by atoms with Crippen LogP contribution in [0.5, 0.6) is 0 Å². The van der Waals surface area contributed by atoms with E-state index in [2.05, 4.69) is 101 Å². The Bertz CT molecular complexity index is 1440. The zero-order valence-electron chi connectivity index (χ0n) is 28.0. The van der Waals surface area contributed by atoms with Gasteiger partial charge in [0.2, 0.25) is 0 Å². The third kappa shape index (κ3) is 7.59. The SMILES string of the molecule is CCCCN(P(c1ccccc1F)c1ccccc1F)P1C(c2ccc(C(C)(C)C)cc2)CC[C@H]1c1ccc(C(C)(C)C)cc1. The van der Waals surface area contributed by atoms with Gasteiger partial charge in [-0.15, -0.1) is 0 Å². The van der Waals surface area contributed by atoms with Crippen molar-refractivity contribution in [3.05, 3.63) is 131 Å². The number of rotatable bonds is 9. The standard InChI is InChI=1S/C40H49F2NP2/c1-8-9-28-43(45(37-16-12-10-14-33(37)41)38-17-13-11-15-34(38)42)44-35(29-18-22-31(23-19-29)39(2,3)4)26-27-36(44)30-20-24-32(25-21-30)40(5,6)7/h10-25,35-36H,8-9,26-28H2,1-7H3/t35-,36?,44?/m0/s1. The summed E-state index contributed by atoms with van der Waals surface area (Å²) in [6.07, 6.45) is 4.12. The molecule has 2 unspecified atom stereocenters. The highest BCUT2D eigenvalue weighted by atomic mass is 31.2. The predicted molar refractivity (Wildman–Crippen MR) is 193 cm³/mol. The van der Waals surface area contributed by atoms with Crippen LogP contribution in [-0.2, 0) is 10.8 Å². The van der Waals surface area contributed by atoms with E-state index in [-0.39, 0.29) is 22.5 Å². The van der Waals surface area contributed by atoms with Crippen LogP contribution in [-0.4, -0.2) is 11.0 Å². The molecule has 0 amide bonds. The number of nitrogens with zero attached hydrogens (tertiary/aromatic N) is 1. The maximum Gasteiger partial charge on any atom is 0.132 e. The lowest BCUT2D eigenvalue weighted by molar-refractivity contribution is 0.589. The highest BCUT2D eigenvalue weighted by Gasteiger charge is 2.45. The summed E-state index contributed by atoms with van der Waals surface area (Å²) in [6.45, 7) is 16.5. The average Bonchev–Trinajstić information content (AvgIpc) is 3.45. The van der Waals surface area contributed by atoms with Crippen LogP contribution < -0.4 is 10.6 Å². The van der Waals surface area contributed by atoms with E-state index in [1.54, 1.807) is 12.1 Å². The van der Waals surface area contributed by atoms with Gasteiger partial charge in [-0.3, -0.25) is 4.44 Å². The van der Waals surface area contributed by atoms with Gasteiger partial charge in [-0.05, 0) is 84.7 Å². The van der Waals surface area contributed by atoms with Crippen LogP contribution in [0.4, 0.5) is 8.78 Å². The molecule has 0 aliphatic carbocycles. The first kappa shape index (κ1) is 33.9. The van der Waals surface area contributed by atoms with Gasteiger partial charge in [0.1, 0.15) is 11.6 Å². The third-order valence-corrected chi connectivity index (χ3v) is 15.6. The van der Waals surface area contributed by atoms with Gasteiger partial charge in [-0.2, -0.15) is 0 Å². The molecule has 1 aliphatic heterocycles. The third-order valence-electron chi connectivity index (χ3n) is 9.05. The highest BCUT2D eigenvalue weighted by Crippen LogP contribution is 2.76. The molecular formula is C40H49F2NP2. The number of benzene rings is 4. The van der Waals surface area contributed by atoms with Gasteiger partial charge >= 0.3 is 0 Å². The Morgan fingerprint density at radius 2 is 1.04 bits per heavy atom. The molecule has 4 aromatic carbocycles. The first-order valence-corrected chi connectivity index (χ1v) is 19.2. The van der Waals surface area contributed by atoms with E-state index in [0.717, 1.165) is 32.2 Å². The largest absolute Gasteiger partial charge is 0.251 e. The fourth-order valence-electron chi connectivity index (χ4n) is 6.41. The molecule has 4 aromatic rings. The van der Waals surface area contributed by atoms with Gasteiger partial charge < -0.3 is 0 Å². The average molecular weight is 644 g/mol. The summed E-state index contributed by atoms with van der Waals surface area (Å²) in [5, 5.41) is 1.23. The molecule has 238 valence electrons. The maximum absolute atomic E-state index is 15.9. The molecule has 0 saturated carbocycles. The Hall–Kier alpha value is -2.44. The van der Waals surface area contributed by atoms with Crippen LogP contribution in [0.2, 0.25) is 0 Å². The number of halogens is 2. The minimum Gasteiger partial charge on any atom is -0.251 e. The molecular weight excluding hydrogens is 594 g/mol. The second-order valence-electron chi connectivity index (χ2n) is 14.4. The van der Waals surface area contributed by atoms with Gasteiger partial charge in [0, 0.05) is 36.5 Å². The fourth-order valence-corrected chi connectivity index (χ4v) is 13.9. The van der Waals surface area contributed by atoms with Gasteiger partial charge in [-0.1, -0.05) is 128 Å². The number of hydrogen-bond acceptors (Lipinski definition) is 1. The molecule has 3 atom stereocenters. The molecule has 1 aliphatic rings. The predicted octanol–water partition coefficient (Wildman–Crippen LogP) is 11.7. The monoisotopic (exact) mass is 643 g/mol. The zero-order valence-corrected chi connectivity index (χ0v) is 29.8. The lowest BCUT2D eigenvalue weighted by Crippen LogP contribution is -2.30. The summed E-state index contributed by atoms with van der Waals surface area (Å²) in [7, 11) is -2.31. The first-order valence-electron chi connectivity index (χ1n) is 16.5. The Morgan fingerprint density at radius 3 is 1.40 bits per heavy atom. The van der Waals surface area contributed by atoms with E-state index in [0.29, 0.717) is 21.9 Å². The molecule has 1 fully saturated rings. The smallest absolute Gasteiger partial charge is 0.132 e. The van der Waals surface area contributed by atoms with Crippen LogP contribution in [0.3, 0.4) is 0 Å². The molecule has 0 radical (unpaired) electrons. The maximum atomic E-state index is 15.9. The summed E-state index contributed by atoms with van der Waals surface area (Å²) in [5.41, 5.74) is 6.11. The minimum absolute atomic E-state index is 0.0768. The Kier molecular flexibility index (Phi) is 10.6.